The second-order valence-electron chi connectivity index (χ2n) is 2.94. The summed E-state index contributed by atoms with van der Waals surface area (Å²) < 4.78 is 25.0. The third-order valence-electron chi connectivity index (χ3n) is 1.92. The average molecular weight is 227 g/mol. The molecule has 3 N–H and O–H groups in total. The quantitative estimate of drug-likeness (QED) is 0.805. The minimum atomic E-state index is -2.89. The molecule has 84 valence electrons. The number of hydrogen-bond acceptors (Lipinski definition) is 4. The molecular formula is C9H7F2N3O2. The van der Waals surface area contributed by atoms with Crippen LogP contribution in [0.2, 0.25) is 0 Å². The van der Waals surface area contributed by atoms with Crippen molar-refractivity contribution in [1.82, 2.24) is 4.98 Å². The lowest BCUT2D eigenvalue weighted by Gasteiger charge is -2.08. The third kappa shape index (κ3) is 2.23. The Morgan fingerprint density at radius 2 is 2.31 bits per heavy atom. The molecule has 0 spiro atoms. The van der Waals surface area contributed by atoms with Crippen LogP contribution in [-0.4, -0.2) is 16.1 Å². The molecule has 1 aromatic heterocycles. The third-order valence-corrected chi connectivity index (χ3v) is 1.92. The molecule has 0 saturated carbocycles. The number of nitriles is 1. The van der Waals surface area contributed by atoms with Crippen LogP contribution in [0, 0.1) is 11.3 Å². The van der Waals surface area contributed by atoms with E-state index in [0.717, 1.165) is 6.20 Å². The maximum absolute atomic E-state index is 12.5. The van der Waals surface area contributed by atoms with Gasteiger partial charge in [0.1, 0.15) is 11.9 Å². The highest BCUT2D eigenvalue weighted by atomic mass is 19.3. The van der Waals surface area contributed by atoms with Gasteiger partial charge in [-0.2, -0.15) is 5.26 Å². The van der Waals surface area contributed by atoms with Gasteiger partial charge in [-0.1, -0.05) is 0 Å². The number of nitrogens with two attached hydrogens (primary N) is 1. The van der Waals surface area contributed by atoms with Gasteiger partial charge in [-0.25, -0.2) is 13.8 Å². The lowest BCUT2D eigenvalue weighted by Crippen LogP contribution is -2.10. The number of carbonyl (C=O) groups is 1. The van der Waals surface area contributed by atoms with Crippen LogP contribution in [0.1, 0.15) is 23.1 Å². The fourth-order valence-corrected chi connectivity index (χ4v) is 1.21. The van der Waals surface area contributed by atoms with E-state index in [4.69, 9.17) is 16.1 Å². The SMILES string of the molecule is N#Cc1c(C(F)F)cnc(N)c1CC(=O)O. The first-order valence-electron chi connectivity index (χ1n) is 4.14. The summed E-state index contributed by atoms with van der Waals surface area (Å²) in [6.07, 6.45) is -2.72. The van der Waals surface area contributed by atoms with Crippen molar-refractivity contribution < 1.29 is 18.7 Å². The van der Waals surface area contributed by atoms with E-state index in [9.17, 15) is 13.6 Å². The Labute approximate surface area is 89.1 Å². The minimum absolute atomic E-state index is 0.173. The van der Waals surface area contributed by atoms with Gasteiger partial charge in [0.15, 0.2) is 0 Å². The highest BCUT2D eigenvalue weighted by molar-refractivity contribution is 5.74. The van der Waals surface area contributed by atoms with E-state index in [0.29, 0.717) is 0 Å². The van der Waals surface area contributed by atoms with Gasteiger partial charge >= 0.3 is 5.97 Å². The number of aliphatic carboxylic acids is 1. The summed E-state index contributed by atoms with van der Waals surface area (Å²) in [5.41, 5.74) is 4.15. The highest BCUT2D eigenvalue weighted by Crippen LogP contribution is 2.27. The maximum Gasteiger partial charge on any atom is 0.308 e. The van der Waals surface area contributed by atoms with Gasteiger partial charge in [-0.05, 0) is 0 Å². The molecule has 16 heavy (non-hydrogen) atoms. The van der Waals surface area contributed by atoms with Crippen molar-refractivity contribution in [3.8, 4) is 6.07 Å². The van der Waals surface area contributed by atoms with Crippen LogP contribution >= 0.6 is 0 Å². The molecule has 1 aromatic rings. The van der Waals surface area contributed by atoms with Gasteiger partial charge in [-0.3, -0.25) is 4.79 Å². The summed E-state index contributed by atoms with van der Waals surface area (Å²) in [4.78, 5) is 13.9. The Balaban J connectivity index is 3.39. The predicted octanol–water partition coefficient (Wildman–Crippen LogP) is 1.10. The van der Waals surface area contributed by atoms with Crippen molar-refractivity contribution >= 4 is 11.8 Å². The summed E-state index contributed by atoms with van der Waals surface area (Å²) in [7, 11) is 0. The number of pyridine rings is 1. The van der Waals surface area contributed by atoms with Crippen LogP contribution in [0.5, 0.6) is 0 Å². The average Bonchev–Trinajstić information content (AvgIpc) is 2.19. The van der Waals surface area contributed by atoms with E-state index in [-0.39, 0.29) is 11.4 Å². The first kappa shape index (κ1) is 11.8. The molecule has 1 heterocycles. The molecule has 0 atom stereocenters. The Hall–Kier alpha value is -2.23. The van der Waals surface area contributed by atoms with E-state index < -0.39 is 29.9 Å². The fourth-order valence-electron chi connectivity index (χ4n) is 1.21. The van der Waals surface area contributed by atoms with Gasteiger partial charge in [0, 0.05) is 11.8 Å². The number of rotatable bonds is 3. The molecule has 0 unspecified atom stereocenters. The Kier molecular flexibility index (Phi) is 3.35. The van der Waals surface area contributed by atoms with E-state index in [1.165, 1.54) is 6.07 Å². The number of carboxylic acid groups (broad SMARTS) is 1. The second kappa shape index (κ2) is 4.53. The molecule has 0 fully saturated rings. The van der Waals surface area contributed by atoms with E-state index in [2.05, 4.69) is 4.98 Å². The van der Waals surface area contributed by atoms with Gasteiger partial charge in [0.05, 0.1) is 17.5 Å². The van der Waals surface area contributed by atoms with Crippen molar-refractivity contribution in [2.24, 2.45) is 0 Å². The van der Waals surface area contributed by atoms with Crippen LogP contribution < -0.4 is 5.73 Å². The number of anilines is 1. The van der Waals surface area contributed by atoms with Crippen molar-refractivity contribution in [2.45, 2.75) is 12.8 Å². The van der Waals surface area contributed by atoms with Gasteiger partial charge in [-0.15, -0.1) is 0 Å². The zero-order valence-corrected chi connectivity index (χ0v) is 7.94. The van der Waals surface area contributed by atoms with Crippen LogP contribution in [0.3, 0.4) is 0 Å². The number of nitrogens with zero attached hydrogens (tertiary/aromatic N) is 2. The number of carboxylic acids is 1. The molecule has 0 saturated heterocycles. The van der Waals surface area contributed by atoms with Gasteiger partial charge in [0.25, 0.3) is 6.43 Å². The smallest absolute Gasteiger partial charge is 0.308 e. The predicted molar refractivity (Wildman–Crippen MR) is 49.7 cm³/mol. The molecule has 0 aliphatic carbocycles. The first-order chi connectivity index (χ1) is 7.47. The Morgan fingerprint density at radius 3 is 2.75 bits per heavy atom. The van der Waals surface area contributed by atoms with Crippen LogP contribution in [-0.2, 0) is 11.2 Å². The topological polar surface area (TPSA) is 100 Å². The molecule has 0 aliphatic heterocycles. The van der Waals surface area contributed by atoms with Crippen LogP contribution in [0.15, 0.2) is 6.20 Å². The van der Waals surface area contributed by atoms with Gasteiger partial charge in [0.2, 0.25) is 0 Å². The molecule has 7 heteroatoms. The van der Waals surface area contributed by atoms with Crippen molar-refractivity contribution in [3.05, 3.63) is 22.9 Å². The summed E-state index contributed by atoms with van der Waals surface area (Å²) in [5, 5.41) is 17.3. The largest absolute Gasteiger partial charge is 0.481 e. The minimum Gasteiger partial charge on any atom is -0.481 e. The second-order valence-corrected chi connectivity index (χ2v) is 2.94. The molecule has 0 aliphatic rings. The summed E-state index contributed by atoms with van der Waals surface area (Å²) in [5.74, 6) is -1.49. The number of hydrogen-bond donors (Lipinski definition) is 2. The summed E-state index contributed by atoms with van der Waals surface area (Å²) in [6.45, 7) is 0. The summed E-state index contributed by atoms with van der Waals surface area (Å²) in [6, 6.07) is 1.53. The zero-order valence-electron chi connectivity index (χ0n) is 7.94. The normalized spacial score (nSPS) is 10.1. The Morgan fingerprint density at radius 1 is 1.69 bits per heavy atom. The number of halogens is 2. The monoisotopic (exact) mass is 227 g/mol. The van der Waals surface area contributed by atoms with Crippen molar-refractivity contribution in [1.29, 1.82) is 5.26 Å². The van der Waals surface area contributed by atoms with Crippen LogP contribution in [0.25, 0.3) is 0 Å². The molecule has 1 rings (SSSR count). The number of alkyl halides is 2. The molecule has 0 aromatic carbocycles. The molecule has 0 radical (unpaired) electrons. The molecule has 0 bridgehead atoms. The number of aromatic nitrogens is 1. The van der Waals surface area contributed by atoms with E-state index in [1.807, 2.05) is 0 Å². The van der Waals surface area contributed by atoms with E-state index >= 15 is 0 Å². The fraction of sp³-hybridized carbons (Fsp3) is 0.222. The molecular weight excluding hydrogens is 220 g/mol. The number of nitrogen functional groups attached to an aromatic ring is 1. The highest BCUT2D eigenvalue weighted by Gasteiger charge is 2.20. The molecule has 0 amide bonds. The lowest BCUT2D eigenvalue weighted by molar-refractivity contribution is -0.136. The first-order valence-corrected chi connectivity index (χ1v) is 4.14. The lowest BCUT2D eigenvalue weighted by atomic mass is 10.0. The zero-order chi connectivity index (χ0) is 12.3. The van der Waals surface area contributed by atoms with Crippen LogP contribution in [0.4, 0.5) is 14.6 Å². The standard InChI is InChI=1S/C9H7F2N3O2/c10-8(11)6-3-14-9(13)4(1-7(15)16)5(6)2-12/h3,8H,1H2,(H2,13,14)(H,15,16). The van der Waals surface area contributed by atoms with Crippen molar-refractivity contribution in [3.63, 3.8) is 0 Å². The van der Waals surface area contributed by atoms with E-state index in [1.54, 1.807) is 0 Å². The van der Waals surface area contributed by atoms with Gasteiger partial charge < -0.3 is 10.8 Å². The maximum atomic E-state index is 12.5. The van der Waals surface area contributed by atoms with Crippen molar-refractivity contribution in [2.75, 3.05) is 5.73 Å². The Bertz CT molecular complexity index is 469. The molecule has 5 nitrogen and oxygen atoms in total. The summed E-state index contributed by atoms with van der Waals surface area (Å²) >= 11 is 0.